The summed E-state index contributed by atoms with van der Waals surface area (Å²) in [6.07, 6.45) is 0. The van der Waals surface area contributed by atoms with Gasteiger partial charge in [-0.3, -0.25) is 0 Å². The number of carbonyl (C=O) groups is 4. The number of hydrogen-bond donors (Lipinski definition) is 0. The molecule has 0 aliphatic carbocycles. The third kappa shape index (κ3) is 17.1. The van der Waals surface area contributed by atoms with Gasteiger partial charge in [0.25, 0.3) is 0 Å². The van der Waals surface area contributed by atoms with Gasteiger partial charge in [-0.15, -0.1) is 0 Å². The summed E-state index contributed by atoms with van der Waals surface area (Å²) in [6.45, 7) is -2.96. The molecule has 2 N–H and O–H groups in total. The van der Waals surface area contributed by atoms with Gasteiger partial charge in [-0.25, -0.2) is 0 Å². The first-order valence-corrected chi connectivity index (χ1v) is 9.90. The molecule has 2 aromatic carbocycles. The van der Waals surface area contributed by atoms with Gasteiger partial charge in [-0.05, 0) is 24.3 Å². The van der Waals surface area contributed by atoms with Crippen LogP contribution in [0.3, 0.4) is 0 Å². The first-order valence-electron chi connectivity index (χ1n) is 9.90. The Bertz CT molecular complexity index is 933. The van der Waals surface area contributed by atoms with Crippen LogP contribution in [0.1, 0.15) is 0 Å². The predicted molar refractivity (Wildman–Crippen MR) is 112 cm³/mol. The molecule has 0 heterocycles. The van der Waals surface area contributed by atoms with E-state index >= 15 is 0 Å². The topological polar surface area (TPSA) is 217 Å². The summed E-state index contributed by atoms with van der Waals surface area (Å²) < 4.78 is 11.2. The van der Waals surface area contributed by atoms with E-state index < -0.39 is 50.1 Å². The van der Waals surface area contributed by atoms with Crippen molar-refractivity contribution < 1.29 is 173 Å². The number of para-hydroxylation sites is 4. The zero-order valence-electron chi connectivity index (χ0n) is 22.3. The molecule has 0 amide bonds. The van der Waals surface area contributed by atoms with Crippen LogP contribution in [0.4, 0.5) is 11.4 Å². The fraction of sp³-hybridized carbons (Fsp3) is 0.273. The summed E-state index contributed by atoms with van der Waals surface area (Å²) in [5.74, 6) is -5.61. The van der Waals surface area contributed by atoms with Gasteiger partial charge in [0.1, 0.15) is 24.7 Å². The number of nitrogens with zero attached hydrogens (tertiary/aromatic N) is 2. The van der Waals surface area contributed by atoms with E-state index in [4.69, 9.17) is 9.47 Å². The second-order valence-electron chi connectivity index (χ2n) is 6.83. The molecule has 0 atom stereocenters. The van der Waals surface area contributed by atoms with Crippen molar-refractivity contribution in [3.05, 3.63) is 48.5 Å². The molecule has 17 heteroatoms. The molecule has 0 aromatic heterocycles. The van der Waals surface area contributed by atoms with E-state index in [9.17, 15) is 39.6 Å². The molecule has 0 aliphatic rings. The monoisotopic (exact) mass is 582 g/mol. The minimum Gasteiger partial charge on any atom is -0.548 e. The van der Waals surface area contributed by atoms with Gasteiger partial charge in [0.2, 0.25) is 0 Å². The van der Waals surface area contributed by atoms with Crippen LogP contribution in [-0.2, 0) is 19.2 Å². The summed E-state index contributed by atoms with van der Waals surface area (Å²) in [5, 5.41) is 44.0. The molecule has 13 nitrogen and oxygen atoms in total. The van der Waals surface area contributed by atoms with E-state index in [2.05, 4.69) is 0 Å². The van der Waals surface area contributed by atoms with E-state index in [0.29, 0.717) is 0 Å². The summed E-state index contributed by atoms with van der Waals surface area (Å²) >= 11 is 0. The van der Waals surface area contributed by atoms with Crippen molar-refractivity contribution >= 4 is 35.3 Å². The SMILES string of the molecule is O.O=C([O-])CN(CC(=O)[O-])c1ccccc1OCCOc1ccccc1N(CC(=O)[O-])CC(=O)[O-].[Na+].[Na+].[Na+].[Na+]. The summed E-state index contributed by atoms with van der Waals surface area (Å²) in [6, 6.07) is 12.3. The molecule has 0 aliphatic heterocycles. The molecule has 2 rings (SSSR count). The molecule has 0 bridgehead atoms. The van der Waals surface area contributed by atoms with Crippen molar-refractivity contribution in [1.82, 2.24) is 0 Å². The van der Waals surface area contributed by atoms with Crippen molar-refractivity contribution in [1.29, 1.82) is 0 Å². The van der Waals surface area contributed by atoms with Crippen LogP contribution in [-0.4, -0.2) is 68.7 Å². The Kier molecular flexibility index (Phi) is 28.1. The van der Waals surface area contributed by atoms with Crippen LogP contribution in [0.25, 0.3) is 0 Å². The van der Waals surface area contributed by atoms with Gasteiger partial charge in [0, 0.05) is 0 Å². The van der Waals surface area contributed by atoms with Crippen molar-refractivity contribution in [3.8, 4) is 11.5 Å². The number of hydrogen-bond acceptors (Lipinski definition) is 12. The van der Waals surface area contributed by atoms with Gasteiger partial charge in [0.05, 0.1) is 61.4 Å². The largest absolute Gasteiger partial charge is 1.00 e. The Hall–Kier alpha value is -0.520. The van der Waals surface area contributed by atoms with Gasteiger partial charge in [-0.2, -0.15) is 0 Å². The van der Waals surface area contributed by atoms with Crippen molar-refractivity contribution in [2.45, 2.75) is 0 Å². The molecule has 0 fully saturated rings. The zero-order valence-corrected chi connectivity index (χ0v) is 30.3. The second kappa shape index (κ2) is 24.1. The number of aliphatic carboxylic acids is 4. The number of rotatable bonds is 15. The normalized spacial score (nSPS) is 8.92. The number of carboxylic acids is 4. The van der Waals surface area contributed by atoms with E-state index in [1.807, 2.05) is 0 Å². The number of benzene rings is 2. The van der Waals surface area contributed by atoms with E-state index in [-0.39, 0.29) is 160 Å². The van der Waals surface area contributed by atoms with Crippen molar-refractivity contribution in [2.24, 2.45) is 0 Å². The van der Waals surface area contributed by atoms with Crippen LogP contribution in [0.2, 0.25) is 0 Å². The van der Waals surface area contributed by atoms with Crippen LogP contribution < -0.4 is 158 Å². The maximum absolute atomic E-state index is 11.0. The number of carbonyl (C=O) groups excluding carboxylic acids is 4. The zero-order chi connectivity index (χ0) is 25.1. The van der Waals surface area contributed by atoms with Crippen LogP contribution in [0, 0.1) is 0 Å². The van der Waals surface area contributed by atoms with Gasteiger partial charge in [-0.1, -0.05) is 24.3 Å². The summed E-state index contributed by atoms with van der Waals surface area (Å²) in [5.41, 5.74) is 0.371. The standard InChI is InChI=1S/C22H24N2O10.4Na.H2O/c25-19(26)11-23(12-20(27)28)15-5-1-3-7-17(15)33-9-10-34-18-8-4-2-6-16(18)24(13-21(29)30)14-22(31)32;;;;;/h1-8H,9-14H2,(H,25,26)(H,27,28)(H,29,30)(H,31,32);;;;;1H2/q;4*+1;/p-4. The minimum absolute atomic E-state index is 0. The number of anilines is 2. The van der Waals surface area contributed by atoms with Crippen molar-refractivity contribution in [2.75, 3.05) is 49.2 Å². The molecule has 0 unspecified atom stereocenters. The van der Waals surface area contributed by atoms with E-state index in [0.717, 1.165) is 9.80 Å². The maximum Gasteiger partial charge on any atom is 1.00 e. The molecular weight excluding hydrogens is 560 g/mol. The number of carboxylic acid groups (broad SMARTS) is 4. The molecule has 0 spiro atoms. The fourth-order valence-corrected chi connectivity index (χ4v) is 3.06. The quantitative estimate of drug-likeness (QED) is 0.141. The molecule has 39 heavy (non-hydrogen) atoms. The second-order valence-corrected chi connectivity index (χ2v) is 6.83. The summed E-state index contributed by atoms with van der Waals surface area (Å²) in [4.78, 5) is 46.0. The van der Waals surface area contributed by atoms with Crippen LogP contribution >= 0.6 is 0 Å². The minimum atomic E-state index is -1.49. The average Bonchev–Trinajstić information content (AvgIpc) is 2.75. The Morgan fingerprint density at radius 1 is 0.538 bits per heavy atom. The Morgan fingerprint density at radius 3 is 1.05 bits per heavy atom. The Balaban J connectivity index is -0.00000122. The van der Waals surface area contributed by atoms with Gasteiger partial charge < -0.3 is 64.4 Å². The summed E-state index contributed by atoms with van der Waals surface area (Å²) in [7, 11) is 0. The molecule has 190 valence electrons. The Morgan fingerprint density at radius 2 is 0.795 bits per heavy atom. The molecule has 0 saturated heterocycles. The molecular formula is C22H22N2Na4O11. The smallest absolute Gasteiger partial charge is 0.548 e. The van der Waals surface area contributed by atoms with E-state index in [1.165, 1.54) is 24.3 Å². The van der Waals surface area contributed by atoms with Crippen molar-refractivity contribution in [3.63, 3.8) is 0 Å². The average molecular weight is 582 g/mol. The third-order valence-corrected chi connectivity index (χ3v) is 4.29. The first-order chi connectivity index (χ1) is 16.2. The maximum atomic E-state index is 11.0. The molecule has 0 radical (unpaired) electrons. The number of ether oxygens (including phenoxy) is 2. The van der Waals surface area contributed by atoms with Gasteiger partial charge in [0.15, 0.2) is 0 Å². The first kappa shape index (κ1) is 45.5. The predicted octanol–water partition coefficient (Wildman–Crippen LogP) is -17.1. The molecule has 2 aromatic rings. The fourth-order valence-electron chi connectivity index (χ4n) is 3.06. The third-order valence-electron chi connectivity index (χ3n) is 4.29. The van der Waals surface area contributed by atoms with Gasteiger partial charge >= 0.3 is 118 Å². The van der Waals surface area contributed by atoms with E-state index in [1.54, 1.807) is 24.3 Å². The molecule has 0 saturated carbocycles. The van der Waals surface area contributed by atoms with Crippen LogP contribution in [0.15, 0.2) is 48.5 Å². The Labute approximate surface area is 313 Å². The van der Waals surface area contributed by atoms with Crippen LogP contribution in [0.5, 0.6) is 11.5 Å².